The molecule has 0 aliphatic carbocycles. The Bertz CT molecular complexity index is 430. The van der Waals surface area contributed by atoms with Crippen molar-refractivity contribution in [3.8, 4) is 6.07 Å². The molecule has 0 spiro atoms. The molecule has 0 radical (unpaired) electrons. The lowest BCUT2D eigenvalue weighted by atomic mass is 10.0. The Kier molecular flexibility index (Phi) is 3.17. The standard InChI is InChI=1S/C12H14BrN3/c1-12(4-5-15-8-12)16-11-3-2-10(13)6-9(11)7-14/h2-3,6,15-16H,4-5,8H2,1H3. The van der Waals surface area contributed by atoms with Gasteiger partial charge in [-0.25, -0.2) is 0 Å². The number of halogens is 1. The molecule has 84 valence electrons. The van der Waals surface area contributed by atoms with E-state index in [-0.39, 0.29) is 5.54 Å². The number of hydrogen-bond acceptors (Lipinski definition) is 3. The van der Waals surface area contributed by atoms with E-state index in [1.165, 1.54) is 0 Å². The Morgan fingerprint density at radius 1 is 1.56 bits per heavy atom. The molecular weight excluding hydrogens is 266 g/mol. The summed E-state index contributed by atoms with van der Waals surface area (Å²) >= 11 is 3.37. The van der Waals surface area contributed by atoms with Gasteiger partial charge in [0.05, 0.1) is 11.3 Å². The molecule has 4 heteroatoms. The summed E-state index contributed by atoms with van der Waals surface area (Å²) in [4.78, 5) is 0. The summed E-state index contributed by atoms with van der Waals surface area (Å²) < 4.78 is 0.935. The van der Waals surface area contributed by atoms with Gasteiger partial charge in [-0.05, 0) is 38.1 Å². The second kappa shape index (κ2) is 4.44. The Morgan fingerprint density at radius 2 is 2.38 bits per heavy atom. The number of benzene rings is 1. The number of anilines is 1. The van der Waals surface area contributed by atoms with E-state index in [2.05, 4.69) is 39.6 Å². The molecule has 0 saturated carbocycles. The van der Waals surface area contributed by atoms with E-state index >= 15 is 0 Å². The van der Waals surface area contributed by atoms with Crippen LogP contribution in [0.2, 0.25) is 0 Å². The Labute approximate surface area is 104 Å². The molecule has 0 amide bonds. The normalized spacial score (nSPS) is 24.1. The van der Waals surface area contributed by atoms with Crippen LogP contribution in [0.5, 0.6) is 0 Å². The molecule has 3 nitrogen and oxygen atoms in total. The molecule has 1 aliphatic heterocycles. The first kappa shape index (κ1) is 11.4. The van der Waals surface area contributed by atoms with Crippen LogP contribution in [0.1, 0.15) is 18.9 Å². The lowest BCUT2D eigenvalue weighted by molar-refractivity contribution is 0.567. The van der Waals surface area contributed by atoms with Crippen molar-refractivity contribution in [2.75, 3.05) is 18.4 Å². The molecular formula is C12H14BrN3. The fraction of sp³-hybridized carbons (Fsp3) is 0.417. The van der Waals surface area contributed by atoms with Gasteiger partial charge in [-0.3, -0.25) is 0 Å². The van der Waals surface area contributed by atoms with E-state index in [9.17, 15) is 0 Å². The van der Waals surface area contributed by atoms with Crippen LogP contribution in [-0.2, 0) is 0 Å². The Hall–Kier alpha value is -1.05. The highest BCUT2D eigenvalue weighted by Crippen LogP contribution is 2.26. The van der Waals surface area contributed by atoms with E-state index in [0.717, 1.165) is 29.7 Å². The van der Waals surface area contributed by atoms with Crippen LogP contribution in [-0.4, -0.2) is 18.6 Å². The zero-order valence-corrected chi connectivity index (χ0v) is 10.8. The highest BCUT2D eigenvalue weighted by molar-refractivity contribution is 9.10. The Balaban J connectivity index is 2.24. The predicted octanol–water partition coefficient (Wildman–Crippen LogP) is 2.48. The van der Waals surface area contributed by atoms with Gasteiger partial charge < -0.3 is 10.6 Å². The highest BCUT2D eigenvalue weighted by Gasteiger charge is 2.28. The molecule has 1 heterocycles. The van der Waals surface area contributed by atoms with Crippen molar-refractivity contribution in [1.29, 1.82) is 5.26 Å². The summed E-state index contributed by atoms with van der Waals surface area (Å²) in [5.74, 6) is 0. The second-order valence-corrected chi connectivity index (χ2v) is 5.33. The van der Waals surface area contributed by atoms with Crippen molar-refractivity contribution >= 4 is 21.6 Å². The average molecular weight is 280 g/mol. The minimum atomic E-state index is 0.0550. The lowest BCUT2D eigenvalue weighted by Gasteiger charge is -2.26. The second-order valence-electron chi connectivity index (χ2n) is 4.41. The van der Waals surface area contributed by atoms with Crippen LogP contribution in [0.15, 0.2) is 22.7 Å². The number of hydrogen-bond donors (Lipinski definition) is 2. The van der Waals surface area contributed by atoms with Crippen LogP contribution >= 0.6 is 15.9 Å². The quantitative estimate of drug-likeness (QED) is 0.875. The smallest absolute Gasteiger partial charge is 0.101 e. The van der Waals surface area contributed by atoms with Crippen molar-refractivity contribution in [3.05, 3.63) is 28.2 Å². The van der Waals surface area contributed by atoms with Crippen molar-refractivity contribution in [1.82, 2.24) is 5.32 Å². The fourth-order valence-electron chi connectivity index (χ4n) is 1.97. The van der Waals surface area contributed by atoms with Crippen LogP contribution in [0, 0.1) is 11.3 Å². The molecule has 16 heavy (non-hydrogen) atoms. The predicted molar refractivity (Wildman–Crippen MR) is 68.4 cm³/mol. The third-order valence-corrected chi connectivity index (χ3v) is 3.40. The summed E-state index contributed by atoms with van der Waals surface area (Å²) in [6, 6.07) is 7.96. The molecule has 1 unspecified atom stereocenters. The van der Waals surface area contributed by atoms with Gasteiger partial charge >= 0.3 is 0 Å². The Morgan fingerprint density at radius 3 is 3.00 bits per heavy atom. The lowest BCUT2D eigenvalue weighted by Crippen LogP contribution is -2.37. The first-order chi connectivity index (χ1) is 7.63. The van der Waals surface area contributed by atoms with Crippen molar-refractivity contribution < 1.29 is 0 Å². The summed E-state index contributed by atoms with van der Waals surface area (Å²) in [5, 5.41) is 15.9. The average Bonchev–Trinajstić information content (AvgIpc) is 2.68. The van der Waals surface area contributed by atoms with Crippen LogP contribution < -0.4 is 10.6 Å². The first-order valence-electron chi connectivity index (χ1n) is 5.31. The van der Waals surface area contributed by atoms with E-state index in [0.29, 0.717) is 5.56 Å². The van der Waals surface area contributed by atoms with Crippen LogP contribution in [0.3, 0.4) is 0 Å². The van der Waals surface area contributed by atoms with E-state index in [1.54, 1.807) is 0 Å². The summed E-state index contributed by atoms with van der Waals surface area (Å²) in [7, 11) is 0. The van der Waals surface area contributed by atoms with Gasteiger partial charge in [0.2, 0.25) is 0 Å². The van der Waals surface area contributed by atoms with Crippen LogP contribution in [0.4, 0.5) is 5.69 Å². The van der Waals surface area contributed by atoms with Crippen molar-refractivity contribution in [3.63, 3.8) is 0 Å². The molecule has 2 N–H and O–H groups in total. The first-order valence-corrected chi connectivity index (χ1v) is 6.11. The zero-order chi connectivity index (χ0) is 11.6. The number of rotatable bonds is 2. The molecule has 1 atom stereocenters. The minimum absolute atomic E-state index is 0.0550. The summed E-state index contributed by atoms with van der Waals surface area (Å²) in [5.41, 5.74) is 1.65. The maximum Gasteiger partial charge on any atom is 0.101 e. The van der Waals surface area contributed by atoms with Crippen molar-refractivity contribution in [2.24, 2.45) is 0 Å². The maximum atomic E-state index is 9.07. The van der Waals surface area contributed by atoms with Gasteiger partial charge in [-0.15, -0.1) is 0 Å². The largest absolute Gasteiger partial charge is 0.377 e. The van der Waals surface area contributed by atoms with Gasteiger partial charge in [-0.2, -0.15) is 5.26 Å². The molecule has 1 aliphatic rings. The highest BCUT2D eigenvalue weighted by atomic mass is 79.9. The molecule has 0 aromatic heterocycles. The number of nitriles is 1. The number of nitrogens with zero attached hydrogens (tertiary/aromatic N) is 1. The third-order valence-electron chi connectivity index (χ3n) is 2.91. The SMILES string of the molecule is CC1(Nc2ccc(Br)cc2C#N)CCNC1. The molecule has 2 rings (SSSR count). The summed E-state index contributed by atoms with van der Waals surface area (Å²) in [6.07, 6.45) is 1.08. The summed E-state index contributed by atoms with van der Waals surface area (Å²) in [6.45, 7) is 4.14. The minimum Gasteiger partial charge on any atom is -0.377 e. The maximum absolute atomic E-state index is 9.07. The van der Waals surface area contributed by atoms with Gasteiger partial charge in [0, 0.05) is 16.6 Å². The molecule has 1 aromatic rings. The van der Waals surface area contributed by atoms with E-state index in [1.807, 2.05) is 18.2 Å². The molecule has 0 bridgehead atoms. The van der Waals surface area contributed by atoms with Gasteiger partial charge in [-0.1, -0.05) is 15.9 Å². The molecule has 1 saturated heterocycles. The number of nitrogens with one attached hydrogen (secondary N) is 2. The fourth-order valence-corrected chi connectivity index (χ4v) is 2.33. The third kappa shape index (κ3) is 2.37. The zero-order valence-electron chi connectivity index (χ0n) is 9.18. The van der Waals surface area contributed by atoms with Crippen LogP contribution in [0.25, 0.3) is 0 Å². The monoisotopic (exact) mass is 279 g/mol. The van der Waals surface area contributed by atoms with Gasteiger partial charge in [0.15, 0.2) is 0 Å². The van der Waals surface area contributed by atoms with E-state index in [4.69, 9.17) is 5.26 Å². The molecule has 1 aromatic carbocycles. The topological polar surface area (TPSA) is 47.9 Å². The van der Waals surface area contributed by atoms with E-state index < -0.39 is 0 Å². The van der Waals surface area contributed by atoms with Gasteiger partial charge in [0.1, 0.15) is 6.07 Å². The van der Waals surface area contributed by atoms with Gasteiger partial charge in [0.25, 0.3) is 0 Å². The molecule has 1 fully saturated rings. The van der Waals surface area contributed by atoms with Crippen molar-refractivity contribution in [2.45, 2.75) is 18.9 Å².